The molecule has 0 bridgehead atoms. The number of unbranched alkanes of at least 4 members (excludes halogenated alkanes) is 1. The van der Waals surface area contributed by atoms with Crippen molar-refractivity contribution in [2.45, 2.75) is 57.1 Å². The molecule has 0 aliphatic heterocycles. The molecule has 0 radical (unpaired) electrons. The molecule has 0 saturated carbocycles. The van der Waals surface area contributed by atoms with Crippen LogP contribution in [-0.4, -0.2) is 12.1 Å². The molecule has 1 aliphatic rings. The number of hydrogen-bond acceptors (Lipinski definition) is 3. The van der Waals surface area contributed by atoms with Crippen molar-refractivity contribution >= 4 is 0 Å². The summed E-state index contributed by atoms with van der Waals surface area (Å²) in [6, 6.07) is 10.7. The molecule has 1 aromatic carbocycles. The van der Waals surface area contributed by atoms with Crippen LogP contribution in [0.2, 0.25) is 0 Å². The van der Waals surface area contributed by atoms with Gasteiger partial charge in [0, 0.05) is 6.61 Å². The summed E-state index contributed by atoms with van der Waals surface area (Å²) < 4.78 is 6.03. The van der Waals surface area contributed by atoms with Gasteiger partial charge in [-0.1, -0.05) is 24.3 Å². The summed E-state index contributed by atoms with van der Waals surface area (Å²) in [4.78, 5) is 0. The number of ether oxygens (including phenoxy) is 1. The molecule has 0 spiro atoms. The van der Waals surface area contributed by atoms with Gasteiger partial charge in [-0.15, -0.1) is 0 Å². The van der Waals surface area contributed by atoms with Gasteiger partial charge in [0.15, 0.2) is 0 Å². The second-order valence-corrected chi connectivity index (χ2v) is 5.94. The monoisotopic (exact) mass is 272 g/mol. The number of aryl methyl sites for hydroxylation is 1. The first-order valence-electron chi connectivity index (χ1n) is 7.52. The van der Waals surface area contributed by atoms with E-state index in [1.165, 1.54) is 24.0 Å². The van der Waals surface area contributed by atoms with E-state index in [1.54, 1.807) is 6.92 Å². The average Bonchev–Trinajstić information content (AvgIpc) is 2.47. The van der Waals surface area contributed by atoms with Gasteiger partial charge in [-0.3, -0.25) is 0 Å². The van der Waals surface area contributed by atoms with Gasteiger partial charge >= 0.3 is 0 Å². The number of fused-ring (bicyclic) bond motifs is 1. The van der Waals surface area contributed by atoms with Gasteiger partial charge in [0.25, 0.3) is 0 Å². The Hall–Kier alpha value is -1.37. The Morgan fingerprint density at radius 1 is 1.40 bits per heavy atom. The Morgan fingerprint density at radius 3 is 3.00 bits per heavy atom. The molecule has 2 N–H and O–H groups in total. The van der Waals surface area contributed by atoms with Gasteiger partial charge in [0.05, 0.1) is 12.2 Å². The minimum absolute atomic E-state index is 0.250. The number of nitrogens with zero attached hydrogens (tertiary/aromatic N) is 1. The minimum Gasteiger partial charge on any atom is -0.374 e. The molecule has 1 aromatic rings. The summed E-state index contributed by atoms with van der Waals surface area (Å²) in [5, 5.41) is 8.86. The highest BCUT2D eigenvalue weighted by Crippen LogP contribution is 2.32. The third-order valence-corrected chi connectivity index (χ3v) is 3.98. The van der Waals surface area contributed by atoms with Crippen molar-refractivity contribution in [3.8, 4) is 6.07 Å². The third kappa shape index (κ3) is 4.06. The van der Waals surface area contributed by atoms with E-state index in [0.717, 1.165) is 32.3 Å². The lowest BCUT2D eigenvalue weighted by Gasteiger charge is -2.25. The minimum atomic E-state index is -0.697. The Morgan fingerprint density at radius 2 is 2.20 bits per heavy atom. The normalized spacial score (nSPS) is 20.8. The van der Waals surface area contributed by atoms with E-state index in [0.29, 0.717) is 0 Å². The molecule has 2 atom stereocenters. The number of rotatable bonds is 6. The zero-order valence-corrected chi connectivity index (χ0v) is 12.3. The molecule has 0 fully saturated rings. The fourth-order valence-electron chi connectivity index (χ4n) is 2.76. The molecule has 2 unspecified atom stereocenters. The lowest BCUT2D eigenvalue weighted by Crippen LogP contribution is -2.33. The number of nitriles is 1. The van der Waals surface area contributed by atoms with Crippen LogP contribution in [0.15, 0.2) is 24.3 Å². The average molecular weight is 272 g/mol. The highest BCUT2D eigenvalue weighted by Gasteiger charge is 2.20. The molecular weight excluding hydrogens is 248 g/mol. The first-order valence-corrected chi connectivity index (χ1v) is 7.52. The van der Waals surface area contributed by atoms with Crippen LogP contribution in [-0.2, 0) is 11.2 Å². The number of benzene rings is 1. The van der Waals surface area contributed by atoms with E-state index < -0.39 is 5.54 Å². The molecule has 0 saturated heterocycles. The van der Waals surface area contributed by atoms with Gasteiger partial charge in [0.1, 0.15) is 5.54 Å². The smallest absolute Gasteiger partial charge is 0.101 e. The summed E-state index contributed by atoms with van der Waals surface area (Å²) >= 11 is 0. The van der Waals surface area contributed by atoms with E-state index in [4.69, 9.17) is 15.7 Å². The highest BCUT2D eigenvalue weighted by molar-refractivity contribution is 5.31. The Labute approximate surface area is 121 Å². The second kappa shape index (κ2) is 6.88. The van der Waals surface area contributed by atoms with E-state index in [-0.39, 0.29) is 6.10 Å². The number of hydrogen-bond donors (Lipinski definition) is 1. The predicted octanol–water partition coefficient (Wildman–Crippen LogP) is 3.49. The fourth-order valence-corrected chi connectivity index (χ4v) is 2.76. The van der Waals surface area contributed by atoms with Crippen LogP contribution < -0.4 is 5.73 Å². The molecule has 1 aliphatic carbocycles. The van der Waals surface area contributed by atoms with Crippen LogP contribution in [0.25, 0.3) is 0 Å². The van der Waals surface area contributed by atoms with Gasteiger partial charge in [-0.2, -0.15) is 5.26 Å². The predicted molar refractivity (Wildman–Crippen MR) is 80.1 cm³/mol. The summed E-state index contributed by atoms with van der Waals surface area (Å²) in [7, 11) is 0. The van der Waals surface area contributed by atoms with Crippen molar-refractivity contribution in [1.29, 1.82) is 5.26 Å². The van der Waals surface area contributed by atoms with Crippen molar-refractivity contribution in [2.75, 3.05) is 6.61 Å². The van der Waals surface area contributed by atoms with Gasteiger partial charge in [-0.05, 0) is 56.6 Å². The molecule has 0 amide bonds. The lowest BCUT2D eigenvalue weighted by atomic mass is 9.89. The largest absolute Gasteiger partial charge is 0.374 e. The molecular formula is C17H24N2O. The molecule has 20 heavy (non-hydrogen) atoms. The molecule has 108 valence electrons. The van der Waals surface area contributed by atoms with Crippen LogP contribution in [0, 0.1) is 11.3 Å². The molecule has 3 nitrogen and oxygen atoms in total. The topological polar surface area (TPSA) is 59.0 Å². The zero-order chi connectivity index (χ0) is 14.4. The Kier molecular flexibility index (Phi) is 5.17. The first kappa shape index (κ1) is 15.0. The van der Waals surface area contributed by atoms with E-state index in [9.17, 15) is 0 Å². The molecule has 3 heteroatoms. The van der Waals surface area contributed by atoms with E-state index in [1.807, 2.05) is 0 Å². The van der Waals surface area contributed by atoms with Crippen molar-refractivity contribution in [3.05, 3.63) is 35.4 Å². The van der Waals surface area contributed by atoms with Crippen LogP contribution >= 0.6 is 0 Å². The van der Waals surface area contributed by atoms with Crippen LogP contribution in [0.5, 0.6) is 0 Å². The zero-order valence-electron chi connectivity index (χ0n) is 12.3. The van der Waals surface area contributed by atoms with Crippen LogP contribution in [0.1, 0.15) is 56.3 Å². The highest BCUT2D eigenvalue weighted by atomic mass is 16.5. The van der Waals surface area contributed by atoms with Crippen molar-refractivity contribution < 1.29 is 4.74 Å². The fraction of sp³-hybridized carbons (Fsp3) is 0.588. The van der Waals surface area contributed by atoms with Gasteiger partial charge in [-0.25, -0.2) is 0 Å². The van der Waals surface area contributed by atoms with Crippen LogP contribution in [0.3, 0.4) is 0 Å². The quantitative estimate of drug-likeness (QED) is 0.806. The molecule has 2 rings (SSSR count). The van der Waals surface area contributed by atoms with Crippen molar-refractivity contribution in [1.82, 2.24) is 0 Å². The summed E-state index contributed by atoms with van der Waals surface area (Å²) in [5.74, 6) is 0. The standard InChI is InChI=1S/C17H24N2O/c1-17(19,13-18)11-4-5-12-20-16-10-6-8-14-7-2-3-9-15(14)16/h2-3,7,9,16H,4-6,8,10-12,19H2,1H3. The SMILES string of the molecule is CC(N)(C#N)CCCCOC1CCCc2ccccc21. The Bertz CT molecular complexity index is 476. The van der Waals surface area contributed by atoms with E-state index >= 15 is 0 Å². The first-order chi connectivity index (χ1) is 9.62. The Balaban J connectivity index is 1.75. The van der Waals surface area contributed by atoms with Crippen molar-refractivity contribution in [3.63, 3.8) is 0 Å². The molecule has 0 aromatic heterocycles. The number of nitrogens with two attached hydrogens (primary N) is 1. The molecule has 0 heterocycles. The second-order valence-electron chi connectivity index (χ2n) is 5.94. The van der Waals surface area contributed by atoms with Gasteiger partial charge in [0.2, 0.25) is 0 Å². The van der Waals surface area contributed by atoms with Crippen LogP contribution in [0.4, 0.5) is 0 Å². The summed E-state index contributed by atoms with van der Waals surface area (Å²) in [6.45, 7) is 2.53. The maximum absolute atomic E-state index is 8.86. The summed E-state index contributed by atoms with van der Waals surface area (Å²) in [5.41, 5.74) is 7.90. The third-order valence-electron chi connectivity index (χ3n) is 3.98. The lowest BCUT2D eigenvalue weighted by molar-refractivity contribution is 0.0379. The summed E-state index contributed by atoms with van der Waals surface area (Å²) in [6.07, 6.45) is 6.38. The van der Waals surface area contributed by atoms with E-state index in [2.05, 4.69) is 30.3 Å². The van der Waals surface area contributed by atoms with Crippen molar-refractivity contribution in [2.24, 2.45) is 5.73 Å². The maximum Gasteiger partial charge on any atom is 0.101 e. The maximum atomic E-state index is 8.86. The van der Waals surface area contributed by atoms with Gasteiger partial charge < -0.3 is 10.5 Å².